The van der Waals surface area contributed by atoms with Gasteiger partial charge >= 0.3 is 11.9 Å². The second-order valence-corrected chi connectivity index (χ2v) is 3.74. The van der Waals surface area contributed by atoms with Crippen LogP contribution >= 0.6 is 0 Å². The van der Waals surface area contributed by atoms with Gasteiger partial charge in [-0.1, -0.05) is 12.2 Å². The molecule has 0 saturated carbocycles. The average molecular weight is 228 g/mol. The van der Waals surface area contributed by atoms with Gasteiger partial charge in [-0.25, -0.2) is 9.00 Å². The van der Waals surface area contributed by atoms with Crippen molar-refractivity contribution in [3.63, 3.8) is 0 Å². The van der Waals surface area contributed by atoms with Crippen molar-refractivity contribution in [1.29, 1.82) is 0 Å². The maximum atomic E-state index is 11.0. The van der Waals surface area contributed by atoms with E-state index in [0.717, 1.165) is 0 Å². The van der Waals surface area contributed by atoms with Crippen LogP contribution in [-0.2, 0) is 20.8 Å². The molecule has 0 aromatic rings. The van der Waals surface area contributed by atoms with E-state index < -0.39 is 17.4 Å². The zero-order valence-corrected chi connectivity index (χ0v) is 8.58. The van der Waals surface area contributed by atoms with Crippen molar-refractivity contribution in [3.05, 3.63) is 23.8 Å². The summed E-state index contributed by atoms with van der Waals surface area (Å²) < 4.78 is 10.8. The predicted octanol–water partition coefficient (Wildman–Crippen LogP) is 0.0435. The number of allylic oxidation sites excluding steroid dienone is 2. The lowest BCUT2D eigenvalue weighted by Gasteiger charge is -2.24. The third kappa shape index (κ3) is 1.75. The number of hydrogen-bond acceptors (Lipinski definition) is 3. The number of aliphatic carboxylic acids is 2. The van der Waals surface area contributed by atoms with Gasteiger partial charge in [0.05, 0.1) is 21.7 Å². The van der Waals surface area contributed by atoms with Gasteiger partial charge in [0.15, 0.2) is 0 Å². The summed E-state index contributed by atoms with van der Waals surface area (Å²) in [4.78, 5) is 21.5. The minimum absolute atomic E-state index is 0.0971. The normalized spacial score (nSPS) is 24.6. The Morgan fingerprint density at radius 2 is 2.00 bits per heavy atom. The topological polar surface area (TPSA) is 91.7 Å². The highest BCUT2D eigenvalue weighted by molar-refractivity contribution is 7.67. The summed E-state index contributed by atoms with van der Waals surface area (Å²) in [6.07, 6.45) is 3.84. The van der Waals surface area contributed by atoms with Crippen LogP contribution in [0, 0.1) is 5.41 Å². The van der Waals surface area contributed by atoms with Crippen molar-refractivity contribution in [1.82, 2.24) is 0 Å². The van der Waals surface area contributed by atoms with Crippen LogP contribution in [0.2, 0.25) is 0 Å². The minimum atomic E-state index is -1.55. The van der Waals surface area contributed by atoms with Crippen molar-refractivity contribution in [3.8, 4) is 0 Å². The lowest BCUT2D eigenvalue weighted by Crippen LogP contribution is -2.38. The Balaban J connectivity index is 3.38. The van der Waals surface area contributed by atoms with Crippen molar-refractivity contribution >= 4 is 28.1 Å². The molecule has 0 amide bonds. The van der Waals surface area contributed by atoms with E-state index in [1.54, 1.807) is 0 Å². The average Bonchev–Trinajstić information content (AvgIpc) is 2.16. The monoisotopic (exact) mass is 228 g/mol. The molecule has 1 aliphatic carbocycles. The molecule has 0 saturated heterocycles. The fraction of sp³-hybridized carbons (Fsp3) is 0.222. The summed E-state index contributed by atoms with van der Waals surface area (Å²) in [5.74, 6) is -2.55. The maximum absolute atomic E-state index is 11.0. The molecule has 0 aromatic carbocycles. The third-order valence-electron chi connectivity index (χ3n) is 2.17. The first-order valence-electron chi connectivity index (χ1n) is 3.97. The van der Waals surface area contributed by atoms with Gasteiger partial charge in [0.25, 0.3) is 0 Å². The molecule has 0 spiro atoms. The Labute approximate surface area is 88.8 Å². The highest BCUT2D eigenvalue weighted by Gasteiger charge is 2.41. The van der Waals surface area contributed by atoms with Gasteiger partial charge in [-0.05, 0) is 13.0 Å². The van der Waals surface area contributed by atoms with E-state index in [1.807, 2.05) is 0 Å². The fourth-order valence-corrected chi connectivity index (χ4v) is 1.81. The Kier molecular flexibility index (Phi) is 2.90. The largest absolute Gasteiger partial charge is 0.480 e. The molecule has 0 radical (unpaired) electrons. The van der Waals surface area contributed by atoms with Gasteiger partial charge < -0.3 is 10.2 Å². The molecule has 0 bridgehead atoms. The van der Waals surface area contributed by atoms with Gasteiger partial charge in [0.2, 0.25) is 0 Å². The molecule has 1 aliphatic rings. The summed E-state index contributed by atoms with van der Waals surface area (Å²) >= 11 is -0.0971. The quantitative estimate of drug-likeness (QED) is 0.651. The summed E-state index contributed by atoms with van der Waals surface area (Å²) in [6.45, 7) is 1.29. The standard InChI is InChI=1S/C9H8O5S/c1-9(8(12)13)4-2-3-5(7(10)11)6(9)15-14/h2-4H,1H3,(H,10,11)(H,12,13). The molecule has 80 valence electrons. The van der Waals surface area contributed by atoms with Crippen LogP contribution in [0.25, 0.3) is 0 Å². The first-order chi connectivity index (χ1) is 6.93. The molecule has 0 heterocycles. The molecule has 2 N–H and O–H groups in total. The SMILES string of the molecule is CC1(C(=O)O)C=CC=C(C(=O)O)C1=S=O. The Morgan fingerprint density at radius 3 is 2.40 bits per heavy atom. The van der Waals surface area contributed by atoms with Gasteiger partial charge in [-0.3, -0.25) is 4.79 Å². The fourth-order valence-electron chi connectivity index (χ4n) is 1.24. The van der Waals surface area contributed by atoms with Gasteiger partial charge in [0.1, 0.15) is 5.41 Å². The second kappa shape index (κ2) is 3.82. The lowest BCUT2D eigenvalue weighted by atomic mass is 9.80. The zero-order chi connectivity index (χ0) is 11.6. The molecule has 0 fully saturated rings. The number of rotatable bonds is 2. The van der Waals surface area contributed by atoms with E-state index in [-0.39, 0.29) is 21.7 Å². The Hall–Kier alpha value is -1.69. The Bertz CT molecular complexity index is 441. The van der Waals surface area contributed by atoms with Gasteiger partial charge in [0, 0.05) is 0 Å². The molecular formula is C9H8O5S. The molecule has 0 aliphatic heterocycles. The number of carbonyl (C=O) groups is 2. The van der Waals surface area contributed by atoms with Gasteiger partial charge in [-0.15, -0.1) is 0 Å². The minimum Gasteiger partial charge on any atom is -0.480 e. The van der Waals surface area contributed by atoms with E-state index in [0.29, 0.717) is 0 Å². The van der Waals surface area contributed by atoms with Crippen LogP contribution in [-0.4, -0.2) is 31.2 Å². The molecule has 6 heteroatoms. The van der Waals surface area contributed by atoms with Crippen LogP contribution in [0.4, 0.5) is 0 Å². The summed E-state index contributed by atoms with van der Waals surface area (Å²) in [5, 5.41) is 17.7. The van der Waals surface area contributed by atoms with Crippen LogP contribution in [0.15, 0.2) is 23.8 Å². The zero-order valence-electron chi connectivity index (χ0n) is 7.76. The van der Waals surface area contributed by atoms with E-state index in [9.17, 15) is 13.8 Å². The highest BCUT2D eigenvalue weighted by Crippen LogP contribution is 2.28. The van der Waals surface area contributed by atoms with Gasteiger partial charge in [-0.2, -0.15) is 0 Å². The van der Waals surface area contributed by atoms with Crippen molar-refractivity contribution < 1.29 is 24.0 Å². The molecular weight excluding hydrogens is 220 g/mol. The lowest BCUT2D eigenvalue weighted by molar-refractivity contribution is -0.141. The Morgan fingerprint density at radius 1 is 1.40 bits per heavy atom. The van der Waals surface area contributed by atoms with Crippen LogP contribution < -0.4 is 0 Å². The van der Waals surface area contributed by atoms with E-state index in [2.05, 4.69) is 0 Å². The van der Waals surface area contributed by atoms with E-state index in [4.69, 9.17) is 10.2 Å². The number of hydrogen-bond donors (Lipinski definition) is 2. The maximum Gasteiger partial charge on any atom is 0.336 e. The highest BCUT2D eigenvalue weighted by atomic mass is 32.1. The van der Waals surface area contributed by atoms with Crippen molar-refractivity contribution in [2.75, 3.05) is 0 Å². The second-order valence-electron chi connectivity index (χ2n) is 3.16. The van der Waals surface area contributed by atoms with E-state index >= 15 is 0 Å². The van der Waals surface area contributed by atoms with Crippen LogP contribution in [0.3, 0.4) is 0 Å². The van der Waals surface area contributed by atoms with Crippen LogP contribution in [0.5, 0.6) is 0 Å². The molecule has 0 aromatic heterocycles. The summed E-state index contributed by atoms with van der Waals surface area (Å²) in [7, 11) is 0. The molecule has 1 atom stereocenters. The molecule has 5 nitrogen and oxygen atoms in total. The van der Waals surface area contributed by atoms with Crippen molar-refractivity contribution in [2.45, 2.75) is 6.92 Å². The molecule has 1 rings (SSSR count). The third-order valence-corrected chi connectivity index (χ3v) is 2.98. The van der Waals surface area contributed by atoms with Crippen molar-refractivity contribution in [2.24, 2.45) is 5.41 Å². The summed E-state index contributed by atoms with van der Waals surface area (Å²) in [5.41, 5.74) is -1.81. The predicted molar refractivity (Wildman–Crippen MR) is 53.8 cm³/mol. The molecule has 1 unspecified atom stereocenters. The van der Waals surface area contributed by atoms with Crippen LogP contribution in [0.1, 0.15) is 6.92 Å². The summed E-state index contributed by atoms with van der Waals surface area (Å²) in [6, 6.07) is 0. The smallest absolute Gasteiger partial charge is 0.336 e. The van der Waals surface area contributed by atoms with E-state index in [1.165, 1.54) is 25.2 Å². The first-order valence-corrected chi connectivity index (χ1v) is 4.71. The first kappa shape index (κ1) is 11.4. The molecule has 15 heavy (non-hydrogen) atoms. The number of carboxylic acids is 2. The number of carboxylic acid groups (broad SMARTS) is 2.